The Labute approximate surface area is 197 Å². The minimum absolute atomic E-state index is 0.0543. The number of hydrogen-bond donors (Lipinski definition) is 0. The van der Waals surface area contributed by atoms with Crippen LogP contribution >= 0.6 is 23.1 Å². The molecule has 2 aromatic heterocycles. The molecule has 0 N–H and O–H groups in total. The molecule has 32 heavy (non-hydrogen) atoms. The molecule has 2 saturated heterocycles. The fourth-order valence-electron chi connectivity index (χ4n) is 5.60. The number of likely N-dealkylation sites (tertiary alicyclic amines) is 1. The minimum atomic E-state index is 0.0543. The first kappa shape index (κ1) is 22.4. The molecule has 3 aliphatic rings. The topological polar surface area (TPSA) is 64.4 Å². The Morgan fingerprint density at radius 1 is 1.12 bits per heavy atom. The number of nitrogens with zero attached hydrogens (tertiary/aromatic N) is 3. The third-order valence-electron chi connectivity index (χ3n) is 7.26. The summed E-state index contributed by atoms with van der Waals surface area (Å²) in [6.07, 6.45) is 9.72. The number of piperidine rings is 1. The summed E-state index contributed by atoms with van der Waals surface area (Å²) in [6.45, 7) is 5.58. The summed E-state index contributed by atoms with van der Waals surface area (Å²) >= 11 is 3.10. The average Bonchev–Trinajstić information content (AvgIpc) is 3.41. The second-order valence-corrected chi connectivity index (χ2v) is 11.6. The molecule has 2 fully saturated rings. The van der Waals surface area contributed by atoms with E-state index in [0.29, 0.717) is 17.5 Å². The second kappa shape index (κ2) is 9.47. The van der Waals surface area contributed by atoms with Gasteiger partial charge < -0.3 is 9.64 Å². The lowest BCUT2D eigenvalue weighted by Crippen LogP contribution is -2.48. The molecule has 0 saturated carbocycles. The minimum Gasteiger partial charge on any atom is -0.376 e. The summed E-state index contributed by atoms with van der Waals surface area (Å²) in [4.78, 5) is 36.0. The van der Waals surface area contributed by atoms with Gasteiger partial charge in [0.05, 0.1) is 23.8 Å². The number of aromatic nitrogens is 2. The Hall–Kier alpha value is -1.38. The normalized spacial score (nSPS) is 25.9. The molecule has 6 nitrogen and oxygen atoms in total. The van der Waals surface area contributed by atoms with Crippen LogP contribution in [0.15, 0.2) is 9.95 Å². The van der Waals surface area contributed by atoms with Gasteiger partial charge >= 0.3 is 0 Å². The summed E-state index contributed by atoms with van der Waals surface area (Å²) in [5.41, 5.74) is 1.28. The van der Waals surface area contributed by atoms with E-state index in [-0.39, 0.29) is 29.7 Å². The van der Waals surface area contributed by atoms with Gasteiger partial charge in [0.15, 0.2) is 5.16 Å². The SMILES string of the molecule is C[C@@H]1CCC[C@@H](C)N1C(=O)CSc1nc2sc3c(c2c(=O)n1C[C@H]1CCCO1)CCCC3. The summed E-state index contributed by atoms with van der Waals surface area (Å²) in [6, 6.07) is 0.556. The van der Waals surface area contributed by atoms with Gasteiger partial charge in [0.25, 0.3) is 5.56 Å². The van der Waals surface area contributed by atoms with Crippen molar-refractivity contribution in [2.75, 3.05) is 12.4 Å². The van der Waals surface area contributed by atoms with E-state index < -0.39 is 0 Å². The molecule has 5 rings (SSSR count). The van der Waals surface area contributed by atoms with Crippen LogP contribution in [0.1, 0.15) is 69.2 Å². The summed E-state index contributed by atoms with van der Waals surface area (Å²) in [5, 5.41) is 1.49. The third kappa shape index (κ3) is 4.26. The molecule has 1 aliphatic carbocycles. The van der Waals surface area contributed by atoms with Crippen LogP contribution in [-0.4, -0.2) is 50.9 Å². The first-order valence-electron chi connectivity index (χ1n) is 12.1. The van der Waals surface area contributed by atoms with Crippen molar-refractivity contribution in [1.29, 1.82) is 0 Å². The monoisotopic (exact) mass is 475 g/mol. The number of ether oxygens (including phenoxy) is 1. The smallest absolute Gasteiger partial charge is 0.263 e. The molecule has 0 bridgehead atoms. The number of amides is 1. The predicted molar refractivity (Wildman–Crippen MR) is 130 cm³/mol. The van der Waals surface area contributed by atoms with Gasteiger partial charge in [0, 0.05) is 23.6 Å². The van der Waals surface area contributed by atoms with E-state index in [0.717, 1.165) is 61.8 Å². The van der Waals surface area contributed by atoms with E-state index in [1.54, 1.807) is 15.9 Å². The van der Waals surface area contributed by atoms with Crippen molar-refractivity contribution in [2.24, 2.45) is 0 Å². The number of fused-ring (bicyclic) bond motifs is 3. The highest BCUT2D eigenvalue weighted by atomic mass is 32.2. The Kier molecular flexibility index (Phi) is 6.63. The van der Waals surface area contributed by atoms with E-state index in [4.69, 9.17) is 9.72 Å². The average molecular weight is 476 g/mol. The van der Waals surface area contributed by atoms with Crippen LogP contribution in [0.5, 0.6) is 0 Å². The van der Waals surface area contributed by atoms with Crippen LogP contribution in [0.2, 0.25) is 0 Å². The maximum atomic E-state index is 13.7. The zero-order chi connectivity index (χ0) is 22.2. The molecule has 2 aromatic rings. The molecule has 1 amide bonds. The Morgan fingerprint density at radius 3 is 2.66 bits per heavy atom. The van der Waals surface area contributed by atoms with E-state index >= 15 is 0 Å². The molecule has 0 radical (unpaired) electrons. The fourth-order valence-corrected chi connectivity index (χ4v) is 7.78. The molecule has 3 atom stereocenters. The number of aryl methyl sites for hydroxylation is 2. The van der Waals surface area contributed by atoms with Crippen molar-refractivity contribution in [1.82, 2.24) is 14.5 Å². The van der Waals surface area contributed by atoms with Crippen molar-refractivity contribution in [3.63, 3.8) is 0 Å². The van der Waals surface area contributed by atoms with Gasteiger partial charge in [-0.1, -0.05) is 11.8 Å². The molecule has 8 heteroatoms. The molecule has 0 spiro atoms. The highest BCUT2D eigenvalue weighted by Gasteiger charge is 2.30. The van der Waals surface area contributed by atoms with E-state index in [9.17, 15) is 9.59 Å². The fraction of sp³-hybridized carbons (Fsp3) is 0.708. The lowest BCUT2D eigenvalue weighted by molar-refractivity contribution is -0.134. The van der Waals surface area contributed by atoms with Crippen molar-refractivity contribution >= 4 is 39.2 Å². The van der Waals surface area contributed by atoms with Crippen molar-refractivity contribution in [2.45, 2.75) is 102 Å². The number of hydrogen-bond acceptors (Lipinski definition) is 6. The van der Waals surface area contributed by atoms with Crippen LogP contribution in [0.4, 0.5) is 0 Å². The summed E-state index contributed by atoms with van der Waals surface area (Å²) in [7, 11) is 0. The van der Waals surface area contributed by atoms with E-state index in [1.165, 1.54) is 35.0 Å². The van der Waals surface area contributed by atoms with Gasteiger partial charge in [0.2, 0.25) is 5.91 Å². The largest absolute Gasteiger partial charge is 0.376 e. The van der Waals surface area contributed by atoms with Crippen LogP contribution in [0, 0.1) is 0 Å². The number of thioether (sulfide) groups is 1. The molecule has 2 aliphatic heterocycles. The number of carbonyl (C=O) groups excluding carboxylic acids is 1. The van der Waals surface area contributed by atoms with Gasteiger partial charge in [0.1, 0.15) is 4.83 Å². The maximum absolute atomic E-state index is 13.7. The quantitative estimate of drug-likeness (QED) is 0.474. The van der Waals surface area contributed by atoms with E-state index in [2.05, 4.69) is 13.8 Å². The van der Waals surface area contributed by atoms with E-state index in [1.807, 2.05) is 4.90 Å². The van der Waals surface area contributed by atoms with Crippen LogP contribution in [-0.2, 0) is 28.9 Å². The number of carbonyl (C=O) groups is 1. The highest BCUT2D eigenvalue weighted by Crippen LogP contribution is 2.35. The Balaban J connectivity index is 1.46. The zero-order valence-corrected chi connectivity index (χ0v) is 20.7. The highest BCUT2D eigenvalue weighted by molar-refractivity contribution is 7.99. The van der Waals surface area contributed by atoms with Gasteiger partial charge in [-0.2, -0.15) is 0 Å². The first-order valence-corrected chi connectivity index (χ1v) is 13.9. The summed E-state index contributed by atoms with van der Waals surface area (Å²) in [5.74, 6) is 0.474. The van der Waals surface area contributed by atoms with Gasteiger partial charge in [-0.25, -0.2) is 4.98 Å². The Morgan fingerprint density at radius 2 is 1.91 bits per heavy atom. The summed E-state index contributed by atoms with van der Waals surface area (Å²) < 4.78 is 7.66. The maximum Gasteiger partial charge on any atom is 0.263 e. The van der Waals surface area contributed by atoms with Gasteiger partial charge in [-0.05, 0) is 77.2 Å². The standard InChI is InChI=1S/C24H33N3O3S2/c1-15-7-5-8-16(2)27(15)20(28)14-31-24-25-22-21(18-10-3-4-11-19(18)32-22)23(29)26(24)13-17-9-6-12-30-17/h15-17H,3-14H2,1-2H3/t15-,16-,17-/m1/s1. The van der Waals surface area contributed by atoms with Crippen molar-refractivity contribution < 1.29 is 9.53 Å². The van der Waals surface area contributed by atoms with Crippen molar-refractivity contribution in [3.8, 4) is 0 Å². The molecular weight excluding hydrogens is 442 g/mol. The number of rotatable bonds is 5. The predicted octanol–water partition coefficient (Wildman–Crippen LogP) is 4.40. The van der Waals surface area contributed by atoms with Gasteiger partial charge in [-0.15, -0.1) is 11.3 Å². The lowest BCUT2D eigenvalue weighted by Gasteiger charge is -2.39. The Bertz CT molecular complexity index is 1050. The first-order chi connectivity index (χ1) is 15.5. The molecule has 0 unspecified atom stereocenters. The van der Waals surface area contributed by atoms with Crippen LogP contribution in [0.3, 0.4) is 0 Å². The number of thiophene rings is 1. The molecule has 174 valence electrons. The third-order valence-corrected chi connectivity index (χ3v) is 9.40. The molecule has 4 heterocycles. The second-order valence-electron chi connectivity index (χ2n) is 9.55. The van der Waals surface area contributed by atoms with Crippen molar-refractivity contribution in [3.05, 3.63) is 20.8 Å². The van der Waals surface area contributed by atoms with Gasteiger partial charge in [-0.3, -0.25) is 14.2 Å². The zero-order valence-electron chi connectivity index (χ0n) is 19.1. The molecular formula is C24H33N3O3S2. The van der Waals surface area contributed by atoms with Crippen LogP contribution in [0.25, 0.3) is 10.2 Å². The van der Waals surface area contributed by atoms with Crippen LogP contribution < -0.4 is 5.56 Å². The molecule has 0 aromatic carbocycles. The lowest BCUT2D eigenvalue weighted by atomic mass is 9.97.